The molecule has 0 bridgehead atoms. The number of imidazole rings is 1. The second-order valence-electron chi connectivity index (χ2n) is 10.0. The molecule has 1 aliphatic carbocycles. The van der Waals surface area contributed by atoms with Gasteiger partial charge < -0.3 is 20.4 Å². The molecule has 0 radical (unpaired) electrons. The van der Waals surface area contributed by atoms with Crippen LogP contribution in [0.25, 0.3) is 11.2 Å². The van der Waals surface area contributed by atoms with E-state index < -0.39 is 4.92 Å². The third-order valence-electron chi connectivity index (χ3n) is 7.43. The largest absolute Gasteiger partial charge is 0.369 e. The van der Waals surface area contributed by atoms with Gasteiger partial charge in [-0.1, -0.05) is 18.9 Å². The molecule has 0 unspecified atom stereocenters. The molecule has 38 heavy (non-hydrogen) atoms. The summed E-state index contributed by atoms with van der Waals surface area (Å²) in [5, 5.41) is 17.9. The van der Waals surface area contributed by atoms with Gasteiger partial charge in [-0.05, 0) is 50.2 Å². The summed E-state index contributed by atoms with van der Waals surface area (Å²) < 4.78 is 2.13. The van der Waals surface area contributed by atoms with E-state index in [1.807, 2.05) is 0 Å². The van der Waals surface area contributed by atoms with Crippen molar-refractivity contribution in [3.63, 3.8) is 0 Å². The molecule has 1 saturated carbocycles. The van der Waals surface area contributed by atoms with E-state index in [0.29, 0.717) is 23.1 Å². The fourth-order valence-corrected chi connectivity index (χ4v) is 5.32. The number of likely N-dealkylation sites (N-methyl/N-ethyl adjacent to an activating group) is 1. The minimum absolute atomic E-state index is 0.0310. The highest BCUT2D eigenvalue weighted by atomic mass is 16.6. The molecule has 1 saturated heterocycles. The molecule has 0 atom stereocenters. The number of nitrogens with zero attached hydrogens (tertiary/aromatic N) is 7. The van der Waals surface area contributed by atoms with Crippen LogP contribution < -0.4 is 15.5 Å². The average Bonchev–Trinajstić information content (AvgIpc) is 3.57. The highest BCUT2D eigenvalue weighted by molar-refractivity contribution is 5.77. The van der Waals surface area contributed by atoms with E-state index in [2.05, 4.69) is 61.3 Å². The Balaban J connectivity index is 1.27. The van der Waals surface area contributed by atoms with Gasteiger partial charge in [-0.15, -0.1) is 0 Å². The minimum Gasteiger partial charge on any atom is -0.369 e. The van der Waals surface area contributed by atoms with Crippen LogP contribution in [0.1, 0.15) is 31.7 Å². The molecule has 0 amide bonds. The van der Waals surface area contributed by atoms with Crippen molar-refractivity contribution in [1.29, 1.82) is 0 Å². The Morgan fingerprint density at radius 2 is 1.71 bits per heavy atom. The Morgan fingerprint density at radius 1 is 0.947 bits per heavy atom. The summed E-state index contributed by atoms with van der Waals surface area (Å²) in [6, 6.07) is 15.1. The zero-order valence-corrected chi connectivity index (χ0v) is 21.4. The van der Waals surface area contributed by atoms with Gasteiger partial charge in [-0.3, -0.25) is 14.7 Å². The third kappa shape index (κ3) is 4.97. The van der Waals surface area contributed by atoms with Gasteiger partial charge in [0.05, 0.1) is 11.1 Å². The fourth-order valence-electron chi connectivity index (χ4n) is 5.32. The van der Waals surface area contributed by atoms with Crippen molar-refractivity contribution >= 4 is 45.8 Å². The van der Waals surface area contributed by atoms with Crippen LogP contribution in [0.3, 0.4) is 0 Å². The predicted molar refractivity (Wildman–Crippen MR) is 149 cm³/mol. The first kappa shape index (κ1) is 24.1. The van der Waals surface area contributed by atoms with Crippen molar-refractivity contribution in [2.45, 2.75) is 31.7 Å². The van der Waals surface area contributed by atoms with E-state index in [9.17, 15) is 10.1 Å². The highest BCUT2D eigenvalue weighted by Gasteiger charge is 2.24. The number of fused-ring (bicyclic) bond motifs is 1. The number of anilines is 5. The summed E-state index contributed by atoms with van der Waals surface area (Å²) in [4.78, 5) is 29.7. The van der Waals surface area contributed by atoms with E-state index in [1.165, 1.54) is 17.8 Å². The monoisotopic (exact) mass is 513 g/mol. The molecule has 2 aromatic carbocycles. The lowest BCUT2D eigenvalue weighted by atomic mass is 10.2. The van der Waals surface area contributed by atoms with E-state index >= 15 is 0 Å². The van der Waals surface area contributed by atoms with Crippen LogP contribution in [0.5, 0.6) is 0 Å². The number of non-ortho nitro benzene ring substituents is 1. The van der Waals surface area contributed by atoms with Crippen molar-refractivity contribution < 1.29 is 4.92 Å². The van der Waals surface area contributed by atoms with Gasteiger partial charge in [-0.2, -0.15) is 4.98 Å². The third-order valence-corrected chi connectivity index (χ3v) is 7.43. The zero-order valence-electron chi connectivity index (χ0n) is 21.4. The first-order chi connectivity index (χ1) is 18.5. The van der Waals surface area contributed by atoms with Gasteiger partial charge in [0.1, 0.15) is 5.52 Å². The number of piperazine rings is 1. The molecular weight excluding hydrogens is 482 g/mol. The van der Waals surface area contributed by atoms with Crippen LogP contribution in [-0.4, -0.2) is 62.6 Å². The van der Waals surface area contributed by atoms with Gasteiger partial charge in [0.15, 0.2) is 5.65 Å². The van der Waals surface area contributed by atoms with E-state index in [1.54, 1.807) is 18.3 Å². The SMILES string of the molecule is CN1CCN(c2ccc(Nc3ncc4nc(Nc5cccc([N+](=O)[O-])c5)n(C5CCCC5)c4n3)cc2)CC1. The molecule has 2 N–H and O–H groups in total. The molecule has 4 aromatic rings. The summed E-state index contributed by atoms with van der Waals surface area (Å²) in [6.45, 7) is 4.20. The molecular formula is C27H31N9O2. The van der Waals surface area contributed by atoms with Crippen molar-refractivity contribution in [3.8, 4) is 0 Å². The molecule has 2 aliphatic rings. The standard InChI is InChI=1S/C27H31N9O2/c1-33-13-15-34(16-14-33)21-11-9-19(10-12-21)29-26-28-18-24-25(32-26)35(22-6-2-3-7-22)27(31-24)30-20-5-4-8-23(17-20)36(37)38/h4-5,8-12,17-18,22H,2-3,6-7,13-16H2,1H3,(H,30,31)(H,28,29,32). The maximum absolute atomic E-state index is 11.2. The number of benzene rings is 2. The first-order valence-corrected chi connectivity index (χ1v) is 13.1. The normalized spacial score (nSPS) is 16.7. The second kappa shape index (κ2) is 10.3. The lowest BCUT2D eigenvalue weighted by Gasteiger charge is -2.34. The number of nitro benzene ring substituents is 1. The van der Waals surface area contributed by atoms with Gasteiger partial charge in [-0.25, -0.2) is 9.97 Å². The Hall–Kier alpha value is -4.25. The number of nitrogens with one attached hydrogen (secondary N) is 2. The Labute approximate surface area is 220 Å². The van der Waals surface area contributed by atoms with Crippen LogP contribution in [0.15, 0.2) is 54.7 Å². The number of rotatable bonds is 7. The number of aromatic nitrogens is 4. The summed E-state index contributed by atoms with van der Waals surface area (Å²) in [6.07, 6.45) is 6.10. The van der Waals surface area contributed by atoms with Gasteiger partial charge in [0, 0.05) is 61.4 Å². The quantitative estimate of drug-likeness (QED) is 0.257. The number of nitro groups is 1. The van der Waals surface area contributed by atoms with Gasteiger partial charge >= 0.3 is 0 Å². The summed E-state index contributed by atoms with van der Waals surface area (Å²) in [5.74, 6) is 1.13. The molecule has 2 fully saturated rings. The Bertz CT molecular complexity index is 1440. The zero-order chi connectivity index (χ0) is 26.1. The van der Waals surface area contributed by atoms with E-state index in [0.717, 1.165) is 63.2 Å². The highest BCUT2D eigenvalue weighted by Crippen LogP contribution is 2.36. The first-order valence-electron chi connectivity index (χ1n) is 13.1. The fraction of sp³-hybridized carbons (Fsp3) is 0.370. The van der Waals surface area contributed by atoms with Crippen LogP contribution in [-0.2, 0) is 0 Å². The number of hydrogen-bond donors (Lipinski definition) is 2. The summed E-state index contributed by atoms with van der Waals surface area (Å²) >= 11 is 0. The summed E-state index contributed by atoms with van der Waals surface area (Å²) in [7, 11) is 2.16. The molecule has 1 aliphatic heterocycles. The van der Waals surface area contributed by atoms with Crippen molar-refractivity contribution in [2.24, 2.45) is 0 Å². The maximum Gasteiger partial charge on any atom is 0.271 e. The maximum atomic E-state index is 11.2. The van der Waals surface area contributed by atoms with Crippen molar-refractivity contribution in [2.75, 3.05) is 48.8 Å². The lowest BCUT2D eigenvalue weighted by molar-refractivity contribution is -0.384. The van der Waals surface area contributed by atoms with Crippen LogP contribution in [0, 0.1) is 10.1 Å². The molecule has 3 heterocycles. The lowest BCUT2D eigenvalue weighted by Crippen LogP contribution is -2.44. The smallest absolute Gasteiger partial charge is 0.271 e. The van der Waals surface area contributed by atoms with Crippen LogP contribution in [0.2, 0.25) is 0 Å². The molecule has 11 nitrogen and oxygen atoms in total. The Morgan fingerprint density at radius 3 is 2.45 bits per heavy atom. The second-order valence-corrected chi connectivity index (χ2v) is 10.0. The van der Waals surface area contributed by atoms with E-state index in [4.69, 9.17) is 9.97 Å². The molecule has 196 valence electrons. The molecule has 11 heteroatoms. The van der Waals surface area contributed by atoms with Gasteiger partial charge in [0.25, 0.3) is 5.69 Å². The minimum atomic E-state index is -0.397. The van der Waals surface area contributed by atoms with Gasteiger partial charge in [0.2, 0.25) is 11.9 Å². The average molecular weight is 514 g/mol. The molecule has 6 rings (SSSR count). The molecule has 0 spiro atoms. The number of hydrogen-bond acceptors (Lipinski definition) is 9. The predicted octanol–water partition coefficient (Wildman–Crippen LogP) is 5.09. The van der Waals surface area contributed by atoms with Crippen molar-refractivity contribution in [1.82, 2.24) is 24.4 Å². The Kier molecular flexibility index (Phi) is 6.50. The van der Waals surface area contributed by atoms with Crippen LogP contribution in [0.4, 0.5) is 34.6 Å². The van der Waals surface area contributed by atoms with E-state index in [-0.39, 0.29) is 11.7 Å². The summed E-state index contributed by atoms with van der Waals surface area (Å²) in [5.41, 5.74) is 4.21. The molecule has 2 aromatic heterocycles. The van der Waals surface area contributed by atoms with Crippen molar-refractivity contribution in [3.05, 3.63) is 64.8 Å². The van der Waals surface area contributed by atoms with Crippen LogP contribution >= 0.6 is 0 Å². The topological polar surface area (TPSA) is 117 Å².